The Labute approximate surface area is 99.8 Å². The maximum absolute atomic E-state index is 11.3. The number of amides is 1. The monoisotopic (exact) mass is 226 g/mol. The van der Waals surface area contributed by atoms with Gasteiger partial charge in [0, 0.05) is 38.1 Å². The van der Waals surface area contributed by atoms with Crippen LogP contribution in [0, 0.1) is 0 Å². The minimum Gasteiger partial charge on any atom is -0.343 e. The van der Waals surface area contributed by atoms with Gasteiger partial charge >= 0.3 is 0 Å². The average molecular weight is 226 g/mol. The van der Waals surface area contributed by atoms with E-state index in [1.54, 1.807) is 6.92 Å². The number of carbonyl (C=O) groups is 1. The summed E-state index contributed by atoms with van der Waals surface area (Å²) in [6.45, 7) is 12.6. The van der Waals surface area contributed by atoms with Crippen LogP contribution in [0.15, 0.2) is 0 Å². The summed E-state index contributed by atoms with van der Waals surface area (Å²) in [5.74, 6) is 0.221. The number of hydrogen-bond acceptors (Lipinski definition) is 2. The van der Waals surface area contributed by atoms with Gasteiger partial charge in [-0.3, -0.25) is 9.69 Å². The molecule has 0 aromatic rings. The van der Waals surface area contributed by atoms with Crippen LogP contribution in [0.25, 0.3) is 0 Å². The fourth-order valence-electron chi connectivity index (χ4n) is 2.92. The van der Waals surface area contributed by atoms with Crippen LogP contribution in [0.4, 0.5) is 0 Å². The van der Waals surface area contributed by atoms with Crippen molar-refractivity contribution in [3.05, 3.63) is 0 Å². The Bertz CT molecular complexity index is 222. The molecule has 0 aromatic heterocycles. The number of hydrogen-bond donors (Lipinski definition) is 0. The predicted molar refractivity (Wildman–Crippen MR) is 67.4 cm³/mol. The molecule has 1 heterocycles. The van der Waals surface area contributed by atoms with Crippen molar-refractivity contribution in [1.82, 2.24) is 9.80 Å². The lowest BCUT2D eigenvalue weighted by Crippen LogP contribution is -2.51. The normalized spacial score (nSPS) is 18.9. The fraction of sp³-hybridized carbons (Fsp3) is 0.923. The Kier molecular flexibility index (Phi) is 4.78. The highest BCUT2D eigenvalue weighted by Gasteiger charge is 2.28. The Balaban J connectivity index is 2.54. The minimum absolute atomic E-state index is 0.221. The van der Waals surface area contributed by atoms with Crippen LogP contribution >= 0.6 is 0 Å². The third-order valence-corrected chi connectivity index (χ3v) is 3.52. The fourth-order valence-corrected chi connectivity index (χ4v) is 2.92. The molecule has 1 fully saturated rings. The summed E-state index contributed by atoms with van der Waals surface area (Å²) in [6, 6.07) is 1.83. The third kappa shape index (κ3) is 3.21. The Morgan fingerprint density at radius 3 is 1.88 bits per heavy atom. The summed E-state index contributed by atoms with van der Waals surface area (Å²) in [6.07, 6.45) is 2.24. The van der Waals surface area contributed by atoms with Gasteiger partial charge in [-0.25, -0.2) is 0 Å². The lowest BCUT2D eigenvalue weighted by Gasteiger charge is -2.42. The van der Waals surface area contributed by atoms with E-state index in [2.05, 4.69) is 32.6 Å². The molecule has 0 saturated carbocycles. The molecule has 94 valence electrons. The van der Waals surface area contributed by atoms with Crippen LogP contribution in [-0.2, 0) is 4.79 Å². The van der Waals surface area contributed by atoms with Gasteiger partial charge < -0.3 is 4.90 Å². The van der Waals surface area contributed by atoms with Crippen molar-refractivity contribution in [2.45, 2.75) is 65.6 Å². The van der Waals surface area contributed by atoms with E-state index in [1.807, 2.05) is 4.90 Å². The first-order valence-corrected chi connectivity index (χ1v) is 6.46. The Morgan fingerprint density at radius 1 is 1.12 bits per heavy atom. The van der Waals surface area contributed by atoms with E-state index < -0.39 is 0 Å². The molecule has 0 radical (unpaired) electrons. The van der Waals surface area contributed by atoms with E-state index in [0.29, 0.717) is 18.1 Å². The molecular formula is C13H26N2O. The Hall–Kier alpha value is -0.570. The van der Waals surface area contributed by atoms with E-state index in [4.69, 9.17) is 0 Å². The molecule has 0 aliphatic carbocycles. The van der Waals surface area contributed by atoms with Crippen molar-refractivity contribution in [2.24, 2.45) is 0 Å². The number of rotatable bonds is 3. The zero-order chi connectivity index (χ0) is 12.3. The number of likely N-dealkylation sites (tertiary alicyclic amines) is 1. The van der Waals surface area contributed by atoms with Gasteiger partial charge in [0.25, 0.3) is 0 Å². The Morgan fingerprint density at radius 2 is 1.56 bits per heavy atom. The summed E-state index contributed by atoms with van der Waals surface area (Å²) in [5.41, 5.74) is 0. The van der Waals surface area contributed by atoms with Gasteiger partial charge in [0.05, 0.1) is 0 Å². The van der Waals surface area contributed by atoms with Crippen LogP contribution in [0.2, 0.25) is 0 Å². The van der Waals surface area contributed by atoms with E-state index in [0.717, 1.165) is 25.9 Å². The highest BCUT2D eigenvalue weighted by molar-refractivity contribution is 5.73. The summed E-state index contributed by atoms with van der Waals surface area (Å²) in [5, 5.41) is 0. The second kappa shape index (κ2) is 5.67. The molecule has 1 amide bonds. The van der Waals surface area contributed by atoms with Crippen molar-refractivity contribution in [2.75, 3.05) is 13.1 Å². The number of nitrogens with zero attached hydrogens (tertiary/aromatic N) is 2. The lowest BCUT2D eigenvalue weighted by molar-refractivity contribution is -0.130. The second-order valence-electron chi connectivity index (χ2n) is 5.37. The first kappa shape index (κ1) is 13.5. The van der Waals surface area contributed by atoms with E-state index in [1.165, 1.54) is 0 Å². The van der Waals surface area contributed by atoms with Crippen molar-refractivity contribution < 1.29 is 4.79 Å². The molecule has 1 aliphatic heterocycles. The summed E-state index contributed by atoms with van der Waals surface area (Å²) in [7, 11) is 0. The zero-order valence-corrected chi connectivity index (χ0v) is 11.4. The van der Waals surface area contributed by atoms with E-state index in [-0.39, 0.29) is 5.91 Å². The first-order valence-electron chi connectivity index (χ1n) is 6.46. The largest absolute Gasteiger partial charge is 0.343 e. The SMILES string of the molecule is CC(=O)N1CCC(N(C(C)C)C(C)C)CC1. The smallest absolute Gasteiger partial charge is 0.219 e. The predicted octanol–water partition coefficient (Wildman–Crippen LogP) is 2.12. The second-order valence-corrected chi connectivity index (χ2v) is 5.37. The molecule has 16 heavy (non-hydrogen) atoms. The van der Waals surface area contributed by atoms with Crippen LogP contribution in [-0.4, -0.2) is 46.9 Å². The van der Waals surface area contributed by atoms with Gasteiger partial charge in [0.2, 0.25) is 5.91 Å². The van der Waals surface area contributed by atoms with Crippen LogP contribution in [0.5, 0.6) is 0 Å². The van der Waals surface area contributed by atoms with Crippen molar-refractivity contribution in [3.63, 3.8) is 0 Å². The maximum atomic E-state index is 11.3. The topological polar surface area (TPSA) is 23.6 Å². The van der Waals surface area contributed by atoms with Crippen LogP contribution in [0.1, 0.15) is 47.5 Å². The zero-order valence-electron chi connectivity index (χ0n) is 11.4. The van der Waals surface area contributed by atoms with E-state index in [9.17, 15) is 4.79 Å². The molecule has 0 N–H and O–H groups in total. The molecular weight excluding hydrogens is 200 g/mol. The summed E-state index contributed by atoms with van der Waals surface area (Å²) < 4.78 is 0. The lowest BCUT2D eigenvalue weighted by atomic mass is 10.00. The molecule has 0 unspecified atom stereocenters. The molecule has 0 atom stereocenters. The van der Waals surface area contributed by atoms with Gasteiger partial charge in [-0.15, -0.1) is 0 Å². The molecule has 0 aromatic carbocycles. The maximum Gasteiger partial charge on any atom is 0.219 e. The van der Waals surface area contributed by atoms with E-state index >= 15 is 0 Å². The van der Waals surface area contributed by atoms with Gasteiger partial charge in [-0.1, -0.05) is 0 Å². The quantitative estimate of drug-likeness (QED) is 0.736. The molecule has 1 rings (SSSR count). The molecule has 0 spiro atoms. The van der Waals surface area contributed by atoms with Gasteiger partial charge in [0.1, 0.15) is 0 Å². The minimum atomic E-state index is 0.221. The molecule has 1 saturated heterocycles. The van der Waals surface area contributed by atoms with Crippen molar-refractivity contribution in [3.8, 4) is 0 Å². The first-order chi connectivity index (χ1) is 7.43. The summed E-state index contributed by atoms with van der Waals surface area (Å²) in [4.78, 5) is 15.8. The van der Waals surface area contributed by atoms with Crippen LogP contribution in [0.3, 0.4) is 0 Å². The van der Waals surface area contributed by atoms with Gasteiger partial charge in [0.15, 0.2) is 0 Å². The average Bonchev–Trinajstić information content (AvgIpc) is 2.17. The van der Waals surface area contributed by atoms with Crippen LogP contribution < -0.4 is 0 Å². The summed E-state index contributed by atoms with van der Waals surface area (Å²) >= 11 is 0. The van der Waals surface area contributed by atoms with Crippen molar-refractivity contribution in [1.29, 1.82) is 0 Å². The van der Waals surface area contributed by atoms with Crippen molar-refractivity contribution >= 4 is 5.91 Å². The third-order valence-electron chi connectivity index (χ3n) is 3.52. The molecule has 3 nitrogen and oxygen atoms in total. The highest BCUT2D eigenvalue weighted by Crippen LogP contribution is 2.21. The van der Waals surface area contributed by atoms with Gasteiger partial charge in [-0.2, -0.15) is 0 Å². The number of piperidine rings is 1. The van der Waals surface area contributed by atoms with Gasteiger partial charge in [-0.05, 0) is 40.5 Å². The highest BCUT2D eigenvalue weighted by atomic mass is 16.2. The molecule has 3 heteroatoms. The standard InChI is InChI=1S/C13H26N2O/c1-10(2)15(11(3)4)13-6-8-14(9-7-13)12(5)16/h10-11,13H,6-9H2,1-5H3. The molecule has 1 aliphatic rings. The number of carbonyl (C=O) groups excluding carboxylic acids is 1. The molecule has 0 bridgehead atoms.